The fraction of sp³-hybridized carbons (Fsp3) is 0.500. The molecule has 0 radical (unpaired) electrons. The van der Waals surface area contributed by atoms with E-state index in [-0.39, 0.29) is 29.0 Å². The van der Waals surface area contributed by atoms with Crippen molar-refractivity contribution in [3.05, 3.63) is 32.6 Å². The predicted molar refractivity (Wildman–Crippen MR) is 67.2 cm³/mol. The lowest BCUT2D eigenvalue weighted by Gasteiger charge is -2.16. The Morgan fingerprint density at radius 3 is 2.53 bits per heavy atom. The van der Waals surface area contributed by atoms with E-state index in [1.165, 1.54) is 22.7 Å². The minimum atomic E-state index is -0.381. The average molecular weight is 304 g/mol. The zero-order valence-electron chi connectivity index (χ0n) is 9.94. The molecule has 1 amide bonds. The zero-order chi connectivity index (χ0) is 13.2. The number of aryl methyl sites for hydroxylation is 1. The predicted octanol–water partition coefficient (Wildman–Crippen LogP) is -0.563. The molecule has 1 aromatic heterocycles. The van der Waals surface area contributed by atoms with E-state index in [2.05, 4.69) is 15.9 Å². The van der Waals surface area contributed by atoms with E-state index in [4.69, 9.17) is 0 Å². The summed E-state index contributed by atoms with van der Waals surface area (Å²) in [5.74, 6) is -0.124. The highest BCUT2D eigenvalue weighted by molar-refractivity contribution is 9.09. The molecule has 0 unspecified atom stereocenters. The molecule has 94 valence electrons. The number of alkyl halides is 1. The molecule has 0 bridgehead atoms. The number of rotatable bonds is 3. The smallest absolute Gasteiger partial charge is 0.330 e. The van der Waals surface area contributed by atoms with Crippen molar-refractivity contribution in [1.82, 2.24) is 14.0 Å². The first-order chi connectivity index (χ1) is 7.88. The van der Waals surface area contributed by atoms with Crippen LogP contribution in [0, 0.1) is 0 Å². The van der Waals surface area contributed by atoms with Crippen LogP contribution in [-0.4, -0.2) is 32.3 Å². The second kappa shape index (κ2) is 5.31. The third-order valence-electron chi connectivity index (χ3n) is 2.47. The molecule has 17 heavy (non-hydrogen) atoms. The number of halogens is 1. The first-order valence-electron chi connectivity index (χ1n) is 4.94. The molecule has 1 aromatic rings. The van der Waals surface area contributed by atoms with Gasteiger partial charge in [-0.25, -0.2) is 4.79 Å². The van der Waals surface area contributed by atoms with Gasteiger partial charge in [-0.05, 0) is 0 Å². The number of nitrogens with zero attached hydrogens (tertiary/aromatic N) is 3. The third-order valence-corrected chi connectivity index (χ3v) is 2.94. The Balaban J connectivity index is 3.13. The Labute approximate surface area is 107 Å². The number of hydrogen-bond acceptors (Lipinski definition) is 3. The van der Waals surface area contributed by atoms with Crippen molar-refractivity contribution in [1.29, 1.82) is 0 Å². The van der Waals surface area contributed by atoms with Crippen LogP contribution in [0.1, 0.15) is 5.56 Å². The normalized spacial score (nSPS) is 10.4. The molecule has 0 spiro atoms. The average Bonchev–Trinajstić information content (AvgIpc) is 2.32. The topological polar surface area (TPSA) is 64.3 Å². The van der Waals surface area contributed by atoms with Gasteiger partial charge in [0, 0.05) is 27.3 Å². The Kier molecular flexibility index (Phi) is 4.28. The Bertz CT molecular complexity index is 547. The highest BCUT2D eigenvalue weighted by Gasteiger charge is 2.12. The first kappa shape index (κ1) is 13.7. The van der Waals surface area contributed by atoms with Gasteiger partial charge in [-0.1, -0.05) is 15.9 Å². The molecule has 0 aliphatic heterocycles. The molecule has 0 fully saturated rings. The summed E-state index contributed by atoms with van der Waals surface area (Å²) in [5.41, 5.74) is -0.345. The Morgan fingerprint density at radius 2 is 2.00 bits per heavy atom. The summed E-state index contributed by atoms with van der Waals surface area (Å²) >= 11 is 3.06. The quantitative estimate of drug-likeness (QED) is 0.703. The Morgan fingerprint density at radius 1 is 1.41 bits per heavy atom. The van der Waals surface area contributed by atoms with Crippen molar-refractivity contribution >= 4 is 21.8 Å². The molecule has 1 heterocycles. The summed E-state index contributed by atoms with van der Waals surface area (Å²) in [6.45, 7) is 0.186. The maximum absolute atomic E-state index is 11.8. The van der Waals surface area contributed by atoms with Crippen molar-refractivity contribution in [3.63, 3.8) is 0 Å². The third kappa shape index (κ3) is 2.85. The van der Waals surface area contributed by atoms with E-state index < -0.39 is 0 Å². The number of hydrogen-bond donors (Lipinski definition) is 0. The zero-order valence-corrected chi connectivity index (χ0v) is 11.5. The Hall–Kier alpha value is -1.37. The summed E-state index contributed by atoms with van der Waals surface area (Å²) in [7, 11) is 4.59. The second-order valence-corrected chi connectivity index (χ2v) is 4.36. The van der Waals surface area contributed by atoms with Crippen LogP contribution in [0.4, 0.5) is 0 Å². The van der Waals surface area contributed by atoms with Gasteiger partial charge >= 0.3 is 5.69 Å². The standard InChI is InChI=1S/C10H14BrN3O3/c1-12(8(15)4-11)5-7-6-13(2)10(17)14(3)9(7)16/h6H,4-5H2,1-3H3. The fourth-order valence-electron chi connectivity index (χ4n) is 1.44. The highest BCUT2D eigenvalue weighted by Crippen LogP contribution is 1.97. The summed E-state index contributed by atoms with van der Waals surface area (Å²) in [5, 5.41) is 0.204. The van der Waals surface area contributed by atoms with Gasteiger partial charge in [0.15, 0.2) is 0 Å². The van der Waals surface area contributed by atoms with Gasteiger partial charge in [0.05, 0.1) is 17.4 Å². The number of amides is 1. The van der Waals surface area contributed by atoms with E-state index in [0.717, 1.165) is 4.57 Å². The van der Waals surface area contributed by atoms with Crippen molar-refractivity contribution in [2.24, 2.45) is 14.1 Å². The van der Waals surface area contributed by atoms with E-state index >= 15 is 0 Å². The lowest BCUT2D eigenvalue weighted by Crippen LogP contribution is -2.40. The SMILES string of the molecule is CN(Cc1cn(C)c(=O)n(C)c1=O)C(=O)CBr. The van der Waals surface area contributed by atoms with E-state index in [1.54, 1.807) is 14.1 Å². The van der Waals surface area contributed by atoms with Gasteiger partial charge in [0.25, 0.3) is 5.56 Å². The van der Waals surface area contributed by atoms with Crippen molar-refractivity contribution in [2.45, 2.75) is 6.54 Å². The lowest BCUT2D eigenvalue weighted by atomic mass is 10.3. The minimum absolute atomic E-state index is 0.124. The lowest BCUT2D eigenvalue weighted by molar-refractivity contribution is -0.127. The summed E-state index contributed by atoms with van der Waals surface area (Å²) in [6, 6.07) is 0. The number of aromatic nitrogens is 2. The van der Waals surface area contributed by atoms with Gasteiger partial charge in [-0.3, -0.25) is 14.2 Å². The van der Waals surface area contributed by atoms with E-state index in [9.17, 15) is 14.4 Å². The molecule has 0 aliphatic rings. The van der Waals surface area contributed by atoms with Crippen molar-refractivity contribution in [2.75, 3.05) is 12.4 Å². The summed E-state index contributed by atoms with van der Waals surface area (Å²) in [4.78, 5) is 36.0. The van der Waals surface area contributed by atoms with Crippen LogP contribution >= 0.6 is 15.9 Å². The van der Waals surface area contributed by atoms with Crippen LogP contribution in [0.5, 0.6) is 0 Å². The second-order valence-electron chi connectivity index (χ2n) is 3.80. The van der Waals surface area contributed by atoms with Crippen molar-refractivity contribution in [3.8, 4) is 0 Å². The molecule has 0 N–H and O–H groups in total. The largest absolute Gasteiger partial charge is 0.340 e. The van der Waals surface area contributed by atoms with Gasteiger partial charge in [0.2, 0.25) is 5.91 Å². The van der Waals surface area contributed by atoms with Crippen molar-refractivity contribution < 1.29 is 4.79 Å². The molecular weight excluding hydrogens is 290 g/mol. The first-order valence-corrected chi connectivity index (χ1v) is 6.06. The molecule has 6 nitrogen and oxygen atoms in total. The molecule has 0 aromatic carbocycles. The highest BCUT2D eigenvalue weighted by atomic mass is 79.9. The minimum Gasteiger partial charge on any atom is -0.340 e. The summed E-state index contributed by atoms with van der Waals surface area (Å²) < 4.78 is 2.35. The monoisotopic (exact) mass is 303 g/mol. The molecule has 0 saturated heterocycles. The number of carbonyl (C=O) groups is 1. The van der Waals surface area contributed by atoms with Gasteiger partial charge in [-0.2, -0.15) is 0 Å². The van der Waals surface area contributed by atoms with Crippen LogP contribution in [0.2, 0.25) is 0 Å². The fourth-order valence-corrected chi connectivity index (χ4v) is 1.87. The van der Waals surface area contributed by atoms with Crippen LogP contribution < -0.4 is 11.2 Å². The van der Waals surface area contributed by atoms with Crippen LogP contribution in [0.25, 0.3) is 0 Å². The maximum Gasteiger partial charge on any atom is 0.330 e. The molecule has 7 heteroatoms. The summed E-state index contributed by atoms with van der Waals surface area (Å²) in [6.07, 6.45) is 1.46. The van der Waals surface area contributed by atoms with E-state index in [1.807, 2.05) is 0 Å². The molecule has 0 atom stereocenters. The van der Waals surface area contributed by atoms with Gasteiger partial charge in [-0.15, -0.1) is 0 Å². The van der Waals surface area contributed by atoms with E-state index in [0.29, 0.717) is 5.56 Å². The molecule has 1 rings (SSSR count). The van der Waals surface area contributed by atoms with Gasteiger partial charge in [0.1, 0.15) is 0 Å². The van der Waals surface area contributed by atoms with Crippen LogP contribution in [0.15, 0.2) is 15.8 Å². The molecule has 0 saturated carbocycles. The molecular formula is C10H14BrN3O3. The molecule has 0 aliphatic carbocycles. The van der Waals surface area contributed by atoms with Gasteiger partial charge < -0.3 is 9.47 Å². The van der Waals surface area contributed by atoms with Crippen LogP contribution in [-0.2, 0) is 25.4 Å². The number of carbonyl (C=O) groups excluding carboxylic acids is 1. The maximum atomic E-state index is 11.8. The van der Waals surface area contributed by atoms with Crippen LogP contribution in [0.3, 0.4) is 0 Å².